The highest BCUT2D eigenvalue weighted by molar-refractivity contribution is 7.98. The van der Waals surface area contributed by atoms with Gasteiger partial charge < -0.3 is 10.1 Å². The SMILES string of the molecule is CC.CC.CC.CSc1nc(C)c(CCC(=O)O)c(=O)[nH]1. The largest absolute Gasteiger partial charge is 0.481 e. The molecule has 0 saturated heterocycles. The molecule has 0 aliphatic rings. The number of rotatable bonds is 4. The number of H-pyrrole nitrogens is 1. The maximum atomic E-state index is 11.5. The first-order chi connectivity index (χ1) is 10.0. The molecule has 0 aliphatic heterocycles. The Morgan fingerprint density at radius 1 is 1.19 bits per heavy atom. The molecule has 2 N–H and O–H groups in total. The molecule has 0 saturated carbocycles. The van der Waals surface area contributed by atoms with Crippen LogP contribution in [0.3, 0.4) is 0 Å². The molecule has 1 aromatic heterocycles. The molecular formula is C15H30N2O3S. The molecule has 21 heavy (non-hydrogen) atoms. The molecule has 1 heterocycles. The minimum absolute atomic E-state index is 0.0514. The predicted octanol–water partition coefficient (Wildman–Crippen LogP) is 3.90. The average molecular weight is 318 g/mol. The van der Waals surface area contributed by atoms with Gasteiger partial charge in [-0.3, -0.25) is 9.59 Å². The summed E-state index contributed by atoms with van der Waals surface area (Å²) in [4.78, 5) is 28.7. The Morgan fingerprint density at radius 2 is 1.67 bits per heavy atom. The maximum absolute atomic E-state index is 11.5. The highest BCUT2D eigenvalue weighted by Gasteiger charge is 2.09. The molecule has 0 fully saturated rings. The lowest BCUT2D eigenvalue weighted by Gasteiger charge is -2.03. The van der Waals surface area contributed by atoms with E-state index in [2.05, 4.69) is 9.97 Å². The number of carboxylic acid groups (broad SMARTS) is 1. The van der Waals surface area contributed by atoms with Crippen molar-refractivity contribution in [3.05, 3.63) is 21.6 Å². The number of aromatic nitrogens is 2. The van der Waals surface area contributed by atoms with Crippen molar-refractivity contribution in [1.29, 1.82) is 0 Å². The molecule has 124 valence electrons. The van der Waals surface area contributed by atoms with Crippen molar-refractivity contribution in [2.45, 2.75) is 66.5 Å². The van der Waals surface area contributed by atoms with Gasteiger partial charge in [-0.1, -0.05) is 53.3 Å². The van der Waals surface area contributed by atoms with Crippen LogP contribution in [0.15, 0.2) is 9.95 Å². The van der Waals surface area contributed by atoms with E-state index in [1.165, 1.54) is 11.8 Å². The van der Waals surface area contributed by atoms with Crippen LogP contribution in [0.25, 0.3) is 0 Å². The van der Waals surface area contributed by atoms with Crippen molar-refractivity contribution in [2.75, 3.05) is 6.26 Å². The number of nitrogens with one attached hydrogen (secondary N) is 1. The zero-order valence-electron chi connectivity index (χ0n) is 14.5. The molecule has 0 bridgehead atoms. The second kappa shape index (κ2) is 16.8. The zero-order valence-corrected chi connectivity index (χ0v) is 15.3. The van der Waals surface area contributed by atoms with E-state index in [1.807, 2.05) is 47.8 Å². The molecule has 0 aromatic carbocycles. The quantitative estimate of drug-likeness (QED) is 0.650. The van der Waals surface area contributed by atoms with E-state index in [4.69, 9.17) is 5.11 Å². The van der Waals surface area contributed by atoms with Gasteiger partial charge in [-0.15, -0.1) is 0 Å². The molecule has 1 rings (SSSR count). The second-order valence-electron chi connectivity index (χ2n) is 3.03. The molecule has 0 radical (unpaired) electrons. The van der Waals surface area contributed by atoms with Crippen molar-refractivity contribution >= 4 is 17.7 Å². The summed E-state index contributed by atoms with van der Waals surface area (Å²) in [5.41, 5.74) is 0.813. The van der Waals surface area contributed by atoms with E-state index >= 15 is 0 Å². The highest BCUT2D eigenvalue weighted by Crippen LogP contribution is 2.09. The summed E-state index contributed by atoms with van der Waals surface area (Å²) in [7, 11) is 0. The number of hydrogen-bond acceptors (Lipinski definition) is 4. The third-order valence-electron chi connectivity index (χ3n) is 1.98. The molecule has 0 atom stereocenters. The Bertz CT molecular complexity index is 431. The standard InChI is InChI=1S/C9H12N2O3S.3C2H6/c1-5-6(3-4-7(12)13)8(14)11-9(10-5)15-2;3*1-2/h3-4H2,1-2H3,(H,12,13)(H,10,11,14);3*1-2H3. The van der Waals surface area contributed by atoms with Gasteiger partial charge in [0.1, 0.15) is 0 Å². The number of aromatic amines is 1. The van der Waals surface area contributed by atoms with Gasteiger partial charge in [-0.25, -0.2) is 4.98 Å². The number of thioether (sulfide) groups is 1. The van der Waals surface area contributed by atoms with Crippen LogP contribution in [-0.4, -0.2) is 27.3 Å². The number of aliphatic carboxylic acids is 1. The summed E-state index contributed by atoms with van der Waals surface area (Å²) in [6.07, 6.45) is 1.98. The lowest BCUT2D eigenvalue weighted by molar-refractivity contribution is -0.136. The minimum atomic E-state index is -0.914. The number of carboxylic acids is 1. The first-order valence-corrected chi connectivity index (χ1v) is 8.62. The van der Waals surface area contributed by atoms with E-state index in [1.54, 1.807) is 6.92 Å². The van der Waals surface area contributed by atoms with Crippen LogP contribution in [0.5, 0.6) is 0 Å². The van der Waals surface area contributed by atoms with Crippen LogP contribution in [0.4, 0.5) is 0 Å². The molecule has 0 spiro atoms. The van der Waals surface area contributed by atoms with E-state index in [0.717, 1.165) is 0 Å². The van der Waals surface area contributed by atoms with Crippen molar-refractivity contribution in [2.24, 2.45) is 0 Å². The van der Waals surface area contributed by atoms with Gasteiger partial charge in [0, 0.05) is 17.7 Å². The van der Waals surface area contributed by atoms with Gasteiger partial charge in [-0.2, -0.15) is 0 Å². The number of carbonyl (C=O) groups is 1. The molecule has 6 heteroatoms. The lowest BCUT2D eigenvalue weighted by Crippen LogP contribution is -2.18. The van der Waals surface area contributed by atoms with E-state index in [9.17, 15) is 9.59 Å². The summed E-state index contributed by atoms with van der Waals surface area (Å²) >= 11 is 1.35. The Balaban J connectivity index is -0.000000478. The van der Waals surface area contributed by atoms with Crippen LogP contribution >= 0.6 is 11.8 Å². The van der Waals surface area contributed by atoms with Gasteiger partial charge in [0.15, 0.2) is 5.16 Å². The topological polar surface area (TPSA) is 83.0 Å². The molecule has 0 amide bonds. The monoisotopic (exact) mass is 318 g/mol. The first kappa shape index (κ1) is 24.7. The van der Waals surface area contributed by atoms with Gasteiger partial charge >= 0.3 is 5.97 Å². The third-order valence-corrected chi connectivity index (χ3v) is 2.56. The van der Waals surface area contributed by atoms with Crippen molar-refractivity contribution in [1.82, 2.24) is 9.97 Å². The van der Waals surface area contributed by atoms with Crippen molar-refractivity contribution in [3.8, 4) is 0 Å². The van der Waals surface area contributed by atoms with E-state index < -0.39 is 5.97 Å². The van der Waals surface area contributed by atoms with Crippen LogP contribution in [0.2, 0.25) is 0 Å². The summed E-state index contributed by atoms with van der Waals surface area (Å²) in [5, 5.41) is 9.07. The second-order valence-corrected chi connectivity index (χ2v) is 3.83. The van der Waals surface area contributed by atoms with E-state index in [-0.39, 0.29) is 18.4 Å². The zero-order chi connectivity index (χ0) is 17.4. The Morgan fingerprint density at radius 3 is 2.00 bits per heavy atom. The Hall–Kier alpha value is -1.30. The van der Waals surface area contributed by atoms with Crippen LogP contribution in [0.1, 0.15) is 59.2 Å². The Kier molecular flexibility index (Phi) is 19.7. The van der Waals surface area contributed by atoms with E-state index in [0.29, 0.717) is 16.4 Å². The average Bonchev–Trinajstić information content (AvgIpc) is 2.52. The number of nitrogens with zero attached hydrogens (tertiary/aromatic N) is 1. The first-order valence-electron chi connectivity index (χ1n) is 7.40. The van der Waals surface area contributed by atoms with Crippen LogP contribution < -0.4 is 5.56 Å². The van der Waals surface area contributed by atoms with Crippen molar-refractivity contribution < 1.29 is 9.90 Å². The number of hydrogen-bond donors (Lipinski definition) is 2. The van der Waals surface area contributed by atoms with Gasteiger partial charge in [-0.05, 0) is 19.6 Å². The molecular weight excluding hydrogens is 288 g/mol. The maximum Gasteiger partial charge on any atom is 0.303 e. The van der Waals surface area contributed by atoms with Gasteiger partial charge in [0.2, 0.25) is 0 Å². The summed E-state index contributed by atoms with van der Waals surface area (Å²) in [5.74, 6) is -0.914. The van der Waals surface area contributed by atoms with Crippen LogP contribution in [0, 0.1) is 6.92 Å². The fourth-order valence-corrected chi connectivity index (χ4v) is 1.63. The fraction of sp³-hybridized carbons (Fsp3) is 0.667. The fourth-order valence-electron chi connectivity index (χ4n) is 1.21. The molecule has 0 unspecified atom stereocenters. The highest BCUT2D eigenvalue weighted by atomic mass is 32.2. The van der Waals surface area contributed by atoms with Crippen LogP contribution in [-0.2, 0) is 11.2 Å². The lowest BCUT2D eigenvalue weighted by atomic mass is 10.1. The number of aryl methyl sites for hydroxylation is 1. The Labute approximate surface area is 132 Å². The normalized spacial score (nSPS) is 8.19. The summed E-state index contributed by atoms with van der Waals surface area (Å²) < 4.78 is 0. The van der Waals surface area contributed by atoms with Gasteiger partial charge in [0.05, 0.1) is 0 Å². The predicted molar refractivity (Wildman–Crippen MR) is 91.4 cm³/mol. The van der Waals surface area contributed by atoms with Gasteiger partial charge in [0.25, 0.3) is 5.56 Å². The summed E-state index contributed by atoms with van der Waals surface area (Å²) in [6.45, 7) is 13.7. The van der Waals surface area contributed by atoms with Crippen molar-refractivity contribution in [3.63, 3.8) is 0 Å². The smallest absolute Gasteiger partial charge is 0.303 e. The molecule has 1 aromatic rings. The minimum Gasteiger partial charge on any atom is -0.481 e. The third kappa shape index (κ3) is 11.1. The molecule has 0 aliphatic carbocycles. The summed E-state index contributed by atoms with van der Waals surface area (Å²) in [6, 6.07) is 0. The molecule has 5 nitrogen and oxygen atoms in total.